The predicted octanol–water partition coefficient (Wildman–Crippen LogP) is 2.72. The molecule has 0 aliphatic heterocycles. The number of nitrogens with zero attached hydrogens (tertiary/aromatic N) is 1. The van der Waals surface area contributed by atoms with Gasteiger partial charge in [0.05, 0.1) is 6.26 Å². The average molecular weight is 285 g/mol. The highest BCUT2D eigenvalue weighted by molar-refractivity contribution is 6.06. The van der Waals surface area contributed by atoms with Crippen molar-refractivity contribution in [2.75, 3.05) is 11.4 Å². The van der Waals surface area contributed by atoms with Crippen LogP contribution >= 0.6 is 0 Å². The molecule has 0 bridgehead atoms. The number of aryl methyl sites for hydroxylation is 1. The molecule has 1 aromatic heterocycles. The minimum Gasteiger partial charge on any atom is -0.480 e. The maximum Gasteiger partial charge on any atom is 0.323 e. The third-order valence-electron chi connectivity index (χ3n) is 2.84. The molecule has 0 spiro atoms. The number of anilines is 1. The minimum absolute atomic E-state index is 0.398. The second kappa shape index (κ2) is 6.56. The number of carbonyl (C=O) groups is 2. The highest BCUT2D eigenvalue weighted by atomic mass is 16.4. The minimum atomic E-state index is -1.07. The lowest BCUT2D eigenvalue weighted by Gasteiger charge is -2.19. The van der Waals surface area contributed by atoms with Gasteiger partial charge in [0.2, 0.25) is 0 Å². The van der Waals surface area contributed by atoms with Crippen LogP contribution in [0.3, 0.4) is 0 Å². The average Bonchev–Trinajstić information content (AvgIpc) is 2.96. The Balaban J connectivity index is 2.20. The number of aliphatic carboxylic acids is 1. The molecule has 0 saturated heterocycles. The van der Waals surface area contributed by atoms with Gasteiger partial charge in [-0.1, -0.05) is 17.7 Å². The van der Waals surface area contributed by atoms with Crippen LogP contribution in [0.25, 0.3) is 6.08 Å². The van der Waals surface area contributed by atoms with E-state index in [2.05, 4.69) is 0 Å². The maximum atomic E-state index is 12.2. The van der Waals surface area contributed by atoms with Gasteiger partial charge in [-0.25, -0.2) is 0 Å². The van der Waals surface area contributed by atoms with E-state index >= 15 is 0 Å². The molecule has 0 aliphatic carbocycles. The van der Waals surface area contributed by atoms with Gasteiger partial charge in [-0.3, -0.25) is 14.5 Å². The van der Waals surface area contributed by atoms with Gasteiger partial charge in [-0.15, -0.1) is 0 Å². The summed E-state index contributed by atoms with van der Waals surface area (Å²) in [6.07, 6.45) is 4.30. The van der Waals surface area contributed by atoms with Crippen molar-refractivity contribution in [3.63, 3.8) is 0 Å². The highest BCUT2D eigenvalue weighted by Gasteiger charge is 2.16. The summed E-state index contributed by atoms with van der Waals surface area (Å²) in [7, 11) is 0. The lowest BCUT2D eigenvalue weighted by molar-refractivity contribution is -0.136. The van der Waals surface area contributed by atoms with Crippen molar-refractivity contribution in [3.8, 4) is 0 Å². The summed E-state index contributed by atoms with van der Waals surface area (Å²) in [5, 5.41) is 8.96. The summed E-state index contributed by atoms with van der Waals surface area (Å²) < 4.78 is 5.09. The number of furan rings is 1. The molecule has 108 valence electrons. The standard InChI is InChI=1S/C16H15NO4/c1-12-4-6-13(7-5-12)17(11-16(19)20)15(18)9-8-14-3-2-10-21-14/h2-10H,11H2,1H3,(H,19,20)/b9-8+. The van der Waals surface area contributed by atoms with Crippen molar-refractivity contribution in [1.82, 2.24) is 0 Å². The molecular weight excluding hydrogens is 270 g/mol. The fourth-order valence-corrected chi connectivity index (χ4v) is 1.79. The SMILES string of the molecule is Cc1ccc(N(CC(=O)O)C(=O)/C=C/c2ccco2)cc1. The Morgan fingerprint density at radius 2 is 1.95 bits per heavy atom. The van der Waals surface area contributed by atoms with E-state index < -0.39 is 18.4 Å². The lowest BCUT2D eigenvalue weighted by Crippen LogP contribution is -2.34. The summed E-state index contributed by atoms with van der Waals surface area (Å²) in [6, 6.07) is 10.5. The van der Waals surface area contributed by atoms with Crippen molar-refractivity contribution in [3.05, 3.63) is 60.1 Å². The van der Waals surface area contributed by atoms with Gasteiger partial charge in [0.1, 0.15) is 12.3 Å². The molecule has 0 atom stereocenters. The van der Waals surface area contributed by atoms with Crippen molar-refractivity contribution in [2.24, 2.45) is 0 Å². The van der Waals surface area contributed by atoms with E-state index in [1.165, 1.54) is 23.3 Å². The zero-order chi connectivity index (χ0) is 15.2. The zero-order valence-corrected chi connectivity index (χ0v) is 11.5. The molecule has 2 rings (SSSR count). The van der Waals surface area contributed by atoms with Crippen LogP contribution in [0.1, 0.15) is 11.3 Å². The summed E-state index contributed by atoms with van der Waals surface area (Å²) >= 11 is 0. The molecule has 5 nitrogen and oxygen atoms in total. The summed E-state index contributed by atoms with van der Waals surface area (Å²) in [6.45, 7) is 1.52. The number of benzene rings is 1. The molecule has 0 fully saturated rings. The lowest BCUT2D eigenvalue weighted by atomic mass is 10.2. The van der Waals surface area contributed by atoms with Crippen LogP contribution in [-0.4, -0.2) is 23.5 Å². The molecule has 1 heterocycles. The Morgan fingerprint density at radius 1 is 1.24 bits per heavy atom. The molecular formula is C16H15NO4. The molecule has 1 N–H and O–H groups in total. The van der Waals surface area contributed by atoms with Gasteiger partial charge in [-0.2, -0.15) is 0 Å². The van der Waals surface area contributed by atoms with Gasteiger partial charge in [-0.05, 0) is 37.3 Å². The van der Waals surface area contributed by atoms with Gasteiger partial charge in [0.15, 0.2) is 0 Å². The van der Waals surface area contributed by atoms with Crippen LogP contribution in [0, 0.1) is 6.92 Å². The van der Waals surface area contributed by atoms with Gasteiger partial charge in [0, 0.05) is 11.8 Å². The molecule has 0 radical (unpaired) electrons. The fourth-order valence-electron chi connectivity index (χ4n) is 1.79. The first-order valence-electron chi connectivity index (χ1n) is 6.38. The number of carbonyl (C=O) groups excluding carboxylic acids is 1. The van der Waals surface area contributed by atoms with E-state index in [-0.39, 0.29) is 0 Å². The second-order valence-electron chi connectivity index (χ2n) is 4.50. The normalized spacial score (nSPS) is 10.7. The van der Waals surface area contributed by atoms with Crippen molar-refractivity contribution >= 4 is 23.6 Å². The maximum absolute atomic E-state index is 12.2. The smallest absolute Gasteiger partial charge is 0.323 e. The summed E-state index contributed by atoms with van der Waals surface area (Å²) in [5.41, 5.74) is 1.57. The van der Waals surface area contributed by atoms with Crippen LogP contribution in [0.15, 0.2) is 53.2 Å². The van der Waals surface area contributed by atoms with Crippen LogP contribution in [0.5, 0.6) is 0 Å². The second-order valence-corrected chi connectivity index (χ2v) is 4.50. The Hall–Kier alpha value is -2.82. The number of rotatable bonds is 5. The topological polar surface area (TPSA) is 70.8 Å². The van der Waals surface area contributed by atoms with Crippen molar-refractivity contribution in [1.29, 1.82) is 0 Å². The molecule has 21 heavy (non-hydrogen) atoms. The Morgan fingerprint density at radius 3 is 2.52 bits per heavy atom. The molecule has 0 saturated carbocycles. The van der Waals surface area contributed by atoms with Gasteiger partial charge < -0.3 is 9.52 Å². The fraction of sp³-hybridized carbons (Fsp3) is 0.125. The third-order valence-corrected chi connectivity index (χ3v) is 2.84. The first-order valence-corrected chi connectivity index (χ1v) is 6.38. The van der Waals surface area contributed by atoms with Gasteiger partial charge >= 0.3 is 5.97 Å². The number of amides is 1. The monoisotopic (exact) mass is 285 g/mol. The van der Waals surface area contributed by atoms with E-state index in [1.807, 2.05) is 19.1 Å². The summed E-state index contributed by atoms with van der Waals surface area (Å²) in [4.78, 5) is 24.3. The van der Waals surface area contributed by atoms with Gasteiger partial charge in [0.25, 0.3) is 5.91 Å². The van der Waals surface area contributed by atoms with E-state index in [0.29, 0.717) is 11.4 Å². The molecule has 5 heteroatoms. The number of hydrogen-bond donors (Lipinski definition) is 1. The molecule has 1 aromatic carbocycles. The number of carboxylic acid groups (broad SMARTS) is 1. The molecule has 1 amide bonds. The Kier molecular flexibility index (Phi) is 4.56. The van der Waals surface area contributed by atoms with E-state index in [0.717, 1.165) is 5.56 Å². The molecule has 0 aliphatic rings. The van der Waals surface area contributed by atoms with E-state index in [4.69, 9.17) is 9.52 Å². The Bertz CT molecular complexity index is 641. The third kappa shape index (κ3) is 4.07. The van der Waals surface area contributed by atoms with Crippen LogP contribution in [0.4, 0.5) is 5.69 Å². The largest absolute Gasteiger partial charge is 0.480 e. The quantitative estimate of drug-likeness (QED) is 0.857. The first-order chi connectivity index (χ1) is 10.1. The zero-order valence-electron chi connectivity index (χ0n) is 11.5. The van der Waals surface area contributed by atoms with Crippen LogP contribution in [0.2, 0.25) is 0 Å². The van der Waals surface area contributed by atoms with Crippen LogP contribution < -0.4 is 4.90 Å². The molecule has 0 unspecified atom stereocenters. The van der Waals surface area contributed by atoms with Crippen LogP contribution in [-0.2, 0) is 9.59 Å². The highest BCUT2D eigenvalue weighted by Crippen LogP contribution is 2.16. The van der Waals surface area contributed by atoms with Crippen molar-refractivity contribution < 1.29 is 19.1 Å². The van der Waals surface area contributed by atoms with E-state index in [1.54, 1.807) is 24.3 Å². The Labute approximate surface area is 122 Å². The van der Waals surface area contributed by atoms with Crippen molar-refractivity contribution in [2.45, 2.75) is 6.92 Å². The number of carboxylic acids is 1. The van der Waals surface area contributed by atoms with E-state index in [9.17, 15) is 9.59 Å². The predicted molar refractivity (Wildman–Crippen MR) is 78.9 cm³/mol. The first kappa shape index (κ1) is 14.6. The summed E-state index contributed by atoms with van der Waals surface area (Å²) in [5.74, 6) is -0.962. The molecule has 2 aromatic rings. The number of hydrogen-bond acceptors (Lipinski definition) is 3.